The molecule has 0 radical (unpaired) electrons. The first-order valence-corrected chi connectivity index (χ1v) is 8.58. The zero-order valence-corrected chi connectivity index (χ0v) is 13.4. The van der Waals surface area contributed by atoms with E-state index in [4.69, 9.17) is 4.42 Å². The van der Waals surface area contributed by atoms with Gasteiger partial charge in [-0.25, -0.2) is 9.97 Å². The van der Waals surface area contributed by atoms with E-state index in [1.807, 2.05) is 18.3 Å². The van der Waals surface area contributed by atoms with Crippen LogP contribution < -0.4 is 4.90 Å². The van der Waals surface area contributed by atoms with Crippen molar-refractivity contribution in [3.8, 4) is 5.75 Å². The number of aromatic hydroxyl groups is 1. The number of rotatable bonds is 3. The fourth-order valence-electron chi connectivity index (χ4n) is 2.74. The number of piperidine rings is 1. The van der Waals surface area contributed by atoms with Gasteiger partial charge in [0.05, 0.1) is 0 Å². The van der Waals surface area contributed by atoms with Crippen LogP contribution in [0, 0.1) is 0 Å². The van der Waals surface area contributed by atoms with Crippen molar-refractivity contribution < 1.29 is 9.52 Å². The Balaban J connectivity index is 1.52. The Morgan fingerprint density at radius 2 is 2.04 bits per heavy atom. The van der Waals surface area contributed by atoms with Crippen LogP contribution in [0.2, 0.25) is 0 Å². The van der Waals surface area contributed by atoms with E-state index in [9.17, 15) is 5.11 Å². The number of thiazole rings is 1. The van der Waals surface area contributed by atoms with Gasteiger partial charge >= 0.3 is 0 Å². The summed E-state index contributed by atoms with van der Waals surface area (Å²) < 4.78 is 5.61. The molecular weight excluding hydrogens is 310 g/mol. The SMILES string of the molecule is Oc1ccc2nc(/C=C/c3cnc(N4CCCCC4)s3)oc2c1. The van der Waals surface area contributed by atoms with Gasteiger partial charge in [0.25, 0.3) is 0 Å². The van der Waals surface area contributed by atoms with E-state index in [1.54, 1.807) is 29.5 Å². The molecular formula is C17H17N3O2S. The Labute approximate surface area is 137 Å². The van der Waals surface area contributed by atoms with Crippen molar-refractivity contribution in [2.45, 2.75) is 19.3 Å². The molecule has 1 saturated heterocycles. The maximum atomic E-state index is 9.46. The third kappa shape index (κ3) is 3.07. The molecule has 2 aromatic heterocycles. The summed E-state index contributed by atoms with van der Waals surface area (Å²) in [5, 5.41) is 10.5. The quantitative estimate of drug-likeness (QED) is 0.783. The third-order valence-electron chi connectivity index (χ3n) is 3.92. The zero-order chi connectivity index (χ0) is 15.6. The van der Waals surface area contributed by atoms with Crippen molar-refractivity contribution in [2.24, 2.45) is 0 Å². The van der Waals surface area contributed by atoms with Gasteiger partial charge < -0.3 is 14.4 Å². The molecule has 3 heterocycles. The summed E-state index contributed by atoms with van der Waals surface area (Å²) >= 11 is 1.69. The molecule has 1 N–H and O–H groups in total. The van der Waals surface area contributed by atoms with Crippen LogP contribution in [0.1, 0.15) is 30.0 Å². The predicted molar refractivity (Wildman–Crippen MR) is 92.8 cm³/mol. The maximum absolute atomic E-state index is 9.46. The summed E-state index contributed by atoms with van der Waals surface area (Å²) in [5.41, 5.74) is 1.32. The standard InChI is InChI=1S/C17H17N3O2S/c21-12-4-6-14-15(10-12)22-16(19-14)7-5-13-11-18-17(23-13)20-8-2-1-3-9-20/h4-7,10-11,21H,1-3,8-9H2/b7-5+. The van der Waals surface area contributed by atoms with Gasteiger partial charge in [0.1, 0.15) is 11.3 Å². The van der Waals surface area contributed by atoms with Crippen LogP contribution in [0.3, 0.4) is 0 Å². The van der Waals surface area contributed by atoms with Gasteiger partial charge in [-0.15, -0.1) is 0 Å². The molecule has 0 unspecified atom stereocenters. The third-order valence-corrected chi connectivity index (χ3v) is 4.94. The molecule has 0 aliphatic carbocycles. The minimum atomic E-state index is 0.179. The number of hydrogen-bond acceptors (Lipinski definition) is 6. The summed E-state index contributed by atoms with van der Waals surface area (Å²) in [4.78, 5) is 12.3. The average molecular weight is 327 g/mol. The Bertz CT molecular complexity index is 847. The smallest absolute Gasteiger partial charge is 0.220 e. The van der Waals surface area contributed by atoms with Crippen LogP contribution in [0.4, 0.5) is 5.13 Å². The molecule has 0 spiro atoms. The first-order valence-electron chi connectivity index (χ1n) is 7.76. The number of nitrogens with zero attached hydrogens (tertiary/aromatic N) is 3. The second-order valence-electron chi connectivity index (χ2n) is 5.63. The van der Waals surface area contributed by atoms with Crippen LogP contribution in [0.25, 0.3) is 23.3 Å². The van der Waals surface area contributed by atoms with Crippen molar-refractivity contribution in [1.82, 2.24) is 9.97 Å². The lowest BCUT2D eigenvalue weighted by atomic mass is 10.1. The molecule has 0 atom stereocenters. The van der Waals surface area contributed by atoms with E-state index in [0.29, 0.717) is 11.5 Å². The second kappa shape index (κ2) is 6.04. The lowest BCUT2D eigenvalue weighted by Crippen LogP contribution is -2.29. The zero-order valence-electron chi connectivity index (χ0n) is 12.6. The van der Waals surface area contributed by atoms with Gasteiger partial charge in [-0.3, -0.25) is 0 Å². The number of anilines is 1. The normalized spacial score (nSPS) is 15.7. The summed E-state index contributed by atoms with van der Waals surface area (Å²) in [6.45, 7) is 2.20. The Morgan fingerprint density at radius 1 is 1.17 bits per heavy atom. The fraction of sp³-hybridized carbons (Fsp3) is 0.294. The van der Waals surface area contributed by atoms with Crippen LogP contribution in [0.15, 0.2) is 28.8 Å². The fourth-order valence-corrected chi connectivity index (χ4v) is 3.61. The van der Waals surface area contributed by atoms with Crippen LogP contribution in [-0.2, 0) is 0 Å². The summed E-state index contributed by atoms with van der Waals surface area (Å²) in [6, 6.07) is 4.92. The molecule has 0 saturated carbocycles. The number of fused-ring (bicyclic) bond motifs is 1. The molecule has 0 bridgehead atoms. The minimum Gasteiger partial charge on any atom is -0.508 e. The van der Waals surface area contributed by atoms with Gasteiger partial charge in [0.15, 0.2) is 10.7 Å². The number of benzene rings is 1. The summed E-state index contributed by atoms with van der Waals surface area (Å²) in [7, 11) is 0. The highest BCUT2D eigenvalue weighted by atomic mass is 32.1. The highest BCUT2D eigenvalue weighted by molar-refractivity contribution is 7.16. The van der Waals surface area contributed by atoms with Crippen LogP contribution in [-0.4, -0.2) is 28.2 Å². The minimum absolute atomic E-state index is 0.179. The first kappa shape index (κ1) is 14.3. The van der Waals surface area contributed by atoms with E-state index in [2.05, 4.69) is 14.9 Å². The van der Waals surface area contributed by atoms with E-state index in [0.717, 1.165) is 28.6 Å². The van der Waals surface area contributed by atoms with Crippen molar-refractivity contribution in [1.29, 1.82) is 0 Å². The van der Waals surface area contributed by atoms with Crippen LogP contribution in [0.5, 0.6) is 5.75 Å². The Morgan fingerprint density at radius 3 is 2.91 bits per heavy atom. The average Bonchev–Trinajstić information content (AvgIpc) is 3.20. The van der Waals surface area contributed by atoms with Crippen molar-refractivity contribution >= 4 is 39.7 Å². The molecule has 118 valence electrons. The van der Waals surface area contributed by atoms with Crippen LogP contribution >= 0.6 is 11.3 Å². The van der Waals surface area contributed by atoms with Gasteiger partial charge in [-0.05, 0) is 37.5 Å². The summed E-state index contributed by atoms with van der Waals surface area (Å²) in [6.07, 6.45) is 9.52. The predicted octanol–water partition coefficient (Wildman–Crippen LogP) is 4.15. The molecule has 1 aliphatic rings. The van der Waals surface area contributed by atoms with Crippen molar-refractivity contribution in [3.05, 3.63) is 35.2 Å². The highest BCUT2D eigenvalue weighted by Crippen LogP contribution is 2.27. The Hall–Kier alpha value is -2.34. The summed E-state index contributed by atoms with van der Waals surface area (Å²) in [5.74, 6) is 0.705. The van der Waals surface area contributed by atoms with Crippen molar-refractivity contribution in [2.75, 3.05) is 18.0 Å². The Kier molecular flexibility index (Phi) is 3.75. The molecule has 3 aromatic rings. The molecule has 5 nitrogen and oxygen atoms in total. The van der Waals surface area contributed by atoms with Crippen molar-refractivity contribution in [3.63, 3.8) is 0 Å². The van der Waals surface area contributed by atoms with E-state index in [-0.39, 0.29) is 5.75 Å². The molecule has 23 heavy (non-hydrogen) atoms. The molecule has 4 rings (SSSR count). The van der Waals surface area contributed by atoms with Gasteiger partial charge in [-0.2, -0.15) is 0 Å². The topological polar surface area (TPSA) is 62.4 Å². The largest absolute Gasteiger partial charge is 0.508 e. The lowest BCUT2D eigenvalue weighted by Gasteiger charge is -2.25. The first-order chi connectivity index (χ1) is 11.3. The molecule has 0 amide bonds. The van der Waals surface area contributed by atoms with E-state index >= 15 is 0 Å². The number of oxazole rings is 1. The number of hydrogen-bond donors (Lipinski definition) is 1. The highest BCUT2D eigenvalue weighted by Gasteiger charge is 2.13. The molecule has 6 heteroatoms. The van der Waals surface area contributed by atoms with Gasteiger partial charge in [0, 0.05) is 36.3 Å². The molecule has 1 aromatic carbocycles. The van der Waals surface area contributed by atoms with Gasteiger partial charge in [0.2, 0.25) is 5.89 Å². The maximum Gasteiger partial charge on any atom is 0.220 e. The lowest BCUT2D eigenvalue weighted by molar-refractivity contribution is 0.474. The number of aromatic nitrogens is 2. The van der Waals surface area contributed by atoms with Gasteiger partial charge in [-0.1, -0.05) is 11.3 Å². The second-order valence-corrected chi connectivity index (χ2v) is 6.67. The molecule has 1 fully saturated rings. The monoisotopic (exact) mass is 327 g/mol. The van der Waals surface area contributed by atoms with E-state index in [1.165, 1.54) is 19.3 Å². The number of phenols is 1. The van der Waals surface area contributed by atoms with E-state index < -0.39 is 0 Å². The number of phenolic OH excluding ortho intramolecular Hbond substituents is 1. The molecule has 1 aliphatic heterocycles.